The van der Waals surface area contributed by atoms with Crippen molar-refractivity contribution in [3.05, 3.63) is 58.9 Å². The van der Waals surface area contributed by atoms with E-state index in [0.717, 1.165) is 5.56 Å². The maximum atomic E-state index is 12.9. The minimum absolute atomic E-state index is 0.137. The fourth-order valence-electron chi connectivity index (χ4n) is 3.12. The van der Waals surface area contributed by atoms with Crippen LogP contribution in [-0.4, -0.2) is 32.0 Å². The number of carbonyl (C=O) groups is 2. The van der Waals surface area contributed by atoms with Gasteiger partial charge in [-0.1, -0.05) is 23.7 Å². The summed E-state index contributed by atoms with van der Waals surface area (Å²) in [6.45, 7) is 0.702. The van der Waals surface area contributed by atoms with Gasteiger partial charge in [0, 0.05) is 24.5 Å². The van der Waals surface area contributed by atoms with Crippen LogP contribution in [0.3, 0.4) is 0 Å². The molecule has 7 heteroatoms. The summed E-state index contributed by atoms with van der Waals surface area (Å²) in [6.07, 6.45) is 0.733. The number of rotatable bonds is 6. The fraction of sp³-hybridized carbons (Fsp3) is 0.300. The lowest BCUT2D eigenvalue weighted by molar-refractivity contribution is -0.126. The van der Waals surface area contributed by atoms with Gasteiger partial charge in [-0.05, 0) is 42.3 Å². The molecule has 0 spiro atoms. The smallest absolute Gasteiger partial charge is 0.227 e. The van der Waals surface area contributed by atoms with Crippen molar-refractivity contribution in [2.24, 2.45) is 5.92 Å². The Balaban J connectivity index is 1.59. The molecule has 2 aromatic carbocycles. The van der Waals surface area contributed by atoms with Gasteiger partial charge in [0.05, 0.1) is 18.7 Å². The highest BCUT2D eigenvalue weighted by atomic mass is 35.5. The van der Waals surface area contributed by atoms with Crippen LogP contribution in [0.2, 0.25) is 5.02 Å². The number of nitrogens with one attached hydrogen (secondary N) is 1. The summed E-state index contributed by atoms with van der Waals surface area (Å²) < 4.78 is 18.2. The van der Waals surface area contributed by atoms with Crippen LogP contribution in [0.25, 0.3) is 0 Å². The molecular formula is C20H20ClFN2O3. The molecule has 1 N–H and O–H groups in total. The molecule has 2 aromatic rings. The van der Waals surface area contributed by atoms with Crippen LogP contribution in [0.4, 0.5) is 10.1 Å². The van der Waals surface area contributed by atoms with Crippen LogP contribution < -0.4 is 15.0 Å². The third-order valence-electron chi connectivity index (χ3n) is 4.55. The molecule has 0 aliphatic carbocycles. The van der Waals surface area contributed by atoms with Crippen LogP contribution in [0.1, 0.15) is 12.0 Å². The van der Waals surface area contributed by atoms with Gasteiger partial charge in [-0.3, -0.25) is 9.59 Å². The summed E-state index contributed by atoms with van der Waals surface area (Å²) in [6, 6.07) is 11.2. The fourth-order valence-corrected chi connectivity index (χ4v) is 3.28. The molecule has 0 saturated carbocycles. The van der Waals surface area contributed by atoms with E-state index in [2.05, 4.69) is 5.32 Å². The predicted octanol–water partition coefficient (Wildman–Crippen LogP) is 3.20. The Hall–Kier alpha value is -2.60. The molecule has 27 heavy (non-hydrogen) atoms. The van der Waals surface area contributed by atoms with Gasteiger partial charge < -0.3 is 15.0 Å². The van der Waals surface area contributed by atoms with Gasteiger partial charge in [-0.15, -0.1) is 0 Å². The second-order valence-corrected chi connectivity index (χ2v) is 6.83. The summed E-state index contributed by atoms with van der Waals surface area (Å²) in [7, 11) is 1.52. The largest absolute Gasteiger partial charge is 0.495 e. The average Bonchev–Trinajstić information content (AvgIpc) is 3.05. The first-order valence-corrected chi connectivity index (χ1v) is 9.02. The molecule has 0 radical (unpaired) electrons. The number of nitrogens with zero attached hydrogens (tertiary/aromatic N) is 1. The number of hydrogen-bond donors (Lipinski definition) is 1. The number of amides is 2. The number of ether oxygens (including phenoxy) is 1. The van der Waals surface area contributed by atoms with Gasteiger partial charge in [-0.2, -0.15) is 0 Å². The predicted molar refractivity (Wildman–Crippen MR) is 102 cm³/mol. The van der Waals surface area contributed by atoms with Gasteiger partial charge >= 0.3 is 0 Å². The van der Waals surface area contributed by atoms with E-state index in [9.17, 15) is 14.0 Å². The van der Waals surface area contributed by atoms with E-state index in [1.807, 2.05) is 0 Å². The van der Waals surface area contributed by atoms with E-state index >= 15 is 0 Å². The molecule has 2 amide bonds. The molecule has 1 unspecified atom stereocenters. The van der Waals surface area contributed by atoms with Gasteiger partial charge in [0.2, 0.25) is 11.8 Å². The number of carbonyl (C=O) groups excluding carboxylic acids is 2. The number of hydrogen-bond acceptors (Lipinski definition) is 3. The van der Waals surface area contributed by atoms with Crippen LogP contribution in [0.15, 0.2) is 42.5 Å². The van der Waals surface area contributed by atoms with Crippen molar-refractivity contribution < 1.29 is 18.7 Å². The lowest BCUT2D eigenvalue weighted by atomic mass is 10.1. The highest BCUT2D eigenvalue weighted by Gasteiger charge is 2.36. The first-order valence-electron chi connectivity index (χ1n) is 8.64. The lowest BCUT2D eigenvalue weighted by Gasteiger charge is -2.19. The third-order valence-corrected chi connectivity index (χ3v) is 4.79. The van der Waals surface area contributed by atoms with Gasteiger partial charge in [0.15, 0.2) is 0 Å². The SMILES string of the molecule is COc1ccc(Cl)cc1N1CC(C(=O)NCCc2ccc(F)cc2)CC1=O. The summed E-state index contributed by atoms with van der Waals surface area (Å²) in [4.78, 5) is 26.4. The molecule has 1 heterocycles. The Morgan fingerprint density at radius 3 is 2.74 bits per heavy atom. The first kappa shape index (κ1) is 19.2. The molecule has 1 fully saturated rings. The summed E-state index contributed by atoms with van der Waals surface area (Å²) in [5, 5.41) is 3.34. The molecule has 5 nitrogen and oxygen atoms in total. The Morgan fingerprint density at radius 1 is 1.30 bits per heavy atom. The van der Waals surface area contributed by atoms with Gasteiger partial charge in [0.25, 0.3) is 0 Å². The lowest BCUT2D eigenvalue weighted by Crippen LogP contribution is -2.34. The third kappa shape index (κ3) is 4.57. The zero-order valence-corrected chi connectivity index (χ0v) is 15.6. The van der Waals surface area contributed by atoms with Crippen molar-refractivity contribution in [3.8, 4) is 5.75 Å². The first-order chi connectivity index (χ1) is 13.0. The van der Waals surface area contributed by atoms with E-state index < -0.39 is 5.92 Å². The summed E-state index contributed by atoms with van der Waals surface area (Å²) >= 11 is 6.04. The van der Waals surface area contributed by atoms with Crippen LogP contribution in [0.5, 0.6) is 5.75 Å². The highest BCUT2D eigenvalue weighted by molar-refractivity contribution is 6.31. The van der Waals surface area contributed by atoms with Crippen molar-refractivity contribution in [1.82, 2.24) is 5.32 Å². The van der Waals surface area contributed by atoms with E-state index in [1.54, 1.807) is 30.3 Å². The zero-order valence-electron chi connectivity index (χ0n) is 14.9. The number of anilines is 1. The molecule has 0 aromatic heterocycles. The molecule has 3 rings (SSSR count). The number of halogens is 2. The minimum Gasteiger partial charge on any atom is -0.495 e. The average molecular weight is 391 g/mol. The van der Waals surface area contributed by atoms with Gasteiger partial charge in [-0.25, -0.2) is 4.39 Å². The summed E-state index contributed by atoms with van der Waals surface area (Å²) in [5.74, 6) is -0.508. The zero-order chi connectivity index (χ0) is 19.4. The molecule has 142 valence electrons. The Morgan fingerprint density at radius 2 is 2.04 bits per heavy atom. The monoisotopic (exact) mass is 390 g/mol. The van der Waals surface area contributed by atoms with Crippen molar-refractivity contribution in [3.63, 3.8) is 0 Å². The number of methoxy groups -OCH3 is 1. The maximum Gasteiger partial charge on any atom is 0.227 e. The molecule has 1 aliphatic heterocycles. The van der Waals surface area contributed by atoms with Crippen LogP contribution in [-0.2, 0) is 16.0 Å². The molecule has 0 bridgehead atoms. The maximum absolute atomic E-state index is 12.9. The van der Waals surface area contributed by atoms with Crippen LogP contribution >= 0.6 is 11.6 Å². The summed E-state index contributed by atoms with van der Waals surface area (Å²) in [5.41, 5.74) is 1.50. The second-order valence-electron chi connectivity index (χ2n) is 6.39. The Bertz CT molecular complexity index is 842. The van der Waals surface area contributed by atoms with Gasteiger partial charge in [0.1, 0.15) is 11.6 Å². The topological polar surface area (TPSA) is 58.6 Å². The molecule has 1 saturated heterocycles. The van der Waals surface area contributed by atoms with E-state index in [-0.39, 0.29) is 30.6 Å². The van der Waals surface area contributed by atoms with Crippen molar-refractivity contribution in [2.75, 3.05) is 25.1 Å². The van der Waals surface area contributed by atoms with E-state index in [4.69, 9.17) is 16.3 Å². The second kappa shape index (κ2) is 8.39. The van der Waals surface area contributed by atoms with Crippen molar-refractivity contribution in [1.29, 1.82) is 0 Å². The minimum atomic E-state index is -0.436. The Labute approximate surface area is 162 Å². The Kier molecular flexibility index (Phi) is 5.96. The van der Waals surface area contributed by atoms with Crippen molar-refractivity contribution >= 4 is 29.1 Å². The van der Waals surface area contributed by atoms with Crippen molar-refractivity contribution in [2.45, 2.75) is 12.8 Å². The van der Waals surface area contributed by atoms with Crippen LogP contribution in [0, 0.1) is 11.7 Å². The molecular weight excluding hydrogens is 371 g/mol. The van der Waals surface area contributed by atoms with E-state index in [0.29, 0.717) is 29.4 Å². The normalized spacial score (nSPS) is 16.5. The van der Waals surface area contributed by atoms with E-state index in [1.165, 1.54) is 24.1 Å². The number of benzene rings is 2. The quantitative estimate of drug-likeness (QED) is 0.824. The molecule has 1 atom stereocenters. The molecule has 1 aliphatic rings. The standard InChI is InChI=1S/C20H20ClFN2O3/c1-27-18-7-4-15(21)11-17(18)24-12-14(10-19(24)25)20(26)23-9-8-13-2-5-16(22)6-3-13/h2-7,11,14H,8-10,12H2,1H3,(H,23,26). The highest BCUT2D eigenvalue weighted by Crippen LogP contribution is 2.35.